The number of hydrogen-bond acceptors (Lipinski definition) is 3. The monoisotopic (exact) mass is 332 g/mol. The number of benzene rings is 1. The lowest BCUT2D eigenvalue weighted by molar-refractivity contribution is -0.123. The lowest BCUT2D eigenvalue weighted by Crippen LogP contribution is -2.37. The van der Waals surface area contributed by atoms with E-state index >= 15 is 0 Å². The molecule has 0 saturated carbocycles. The summed E-state index contributed by atoms with van der Waals surface area (Å²) in [6.07, 6.45) is 2.08. The van der Waals surface area contributed by atoms with Crippen LogP contribution in [0.5, 0.6) is 0 Å². The Morgan fingerprint density at radius 2 is 2.08 bits per heavy atom. The van der Waals surface area contributed by atoms with Crippen molar-refractivity contribution in [1.29, 1.82) is 0 Å². The topological polar surface area (TPSA) is 69.6 Å². The number of rotatable bonds is 4. The highest BCUT2D eigenvalue weighted by molar-refractivity contribution is 5.98. The molecule has 5 heteroatoms. The molecule has 1 aliphatic heterocycles. The number of aliphatic hydroxyl groups is 1. The first-order valence-electron chi connectivity index (χ1n) is 8.59. The van der Waals surface area contributed by atoms with Gasteiger partial charge in [-0.15, -0.1) is 0 Å². The van der Waals surface area contributed by atoms with E-state index in [4.69, 9.17) is 0 Å². The summed E-state index contributed by atoms with van der Waals surface area (Å²) >= 11 is 0. The second-order valence-corrected chi connectivity index (χ2v) is 7.66. The van der Waals surface area contributed by atoms with Crippen molar-refractivity contribution in [3.05, 3.63) is 29.8 Å². The third-order valence-electron chi connectivity index (χ3n) is 4.30. The zero-order chi connectivity index (χ0) is 17.9. The summed E-state index contributed by atoms with van der Waals surface area (Å²) < 4.78 is 0. The highest BCUT2D eigenvalue weighted by Crippen LogP contribution is 2.25. The fourth-order valence-electron chi connectivity index (χ4n) is 2.96. The maximum atomic E-state index is 12.8. The van der Waals surface area contributed by atoms with Crippen molar-refractivity contribution in [3.8, 4) is 0 Å². The number of likely N-dealkylation sites (tertiary alicyclic amines) is 1. The fraction of sp³-hybridized carbons (Fsp3) is 0.579. The highest BCUT2D eigenvalue weighted by atomic mass is 16.3. The highest BCUT2D eigenvalue weighted by Gasteiger charge is 2.30. The molecule has 2 amide bonds. The quantitative estimate of drug-likeness (QED) is 0.890. The number of anilines is 1. The molecule has 1 aromatic carbocycles. The van der Waals surface area contributed by atoms with Gasteiger partial charge in [0.05, 0.1) is 6.10 Å². The molecular weight excluding hydrogens is 304 g/mol. The molecule has 0 aromatic heterocycles. The minimum Gasteiger partial charge on any atom is -0.393 e. The Hall–Kier alpha value is -1.88. The van der Waals surface area contributed by atoms with Gasteiger partial charge in [0.25, 0.3) is 5.91 Å². The average molecular weight is 332 g/mol. The molecule has 0 spiro atoms. The van der Waals surface area contributed by atoms with Gasteiger partial charge < -0.3 is 15.3 Å². The maximum Gasteiger partial charge on any atom is 0.254 e. The third-order valence-corrected chi connectivity index (χ3v) is 4.30. The number of hydrogen-bond donors (Lipinski definition) is 2. The number of carbonyl (C=O) groups is 2. The predicted molar refractivity (Wildman–Crippen MR) is 94.9 cm³/mol. The van der Waals surface area contributed by atoms with Gasteiger partial charge in [-0.2, -0.15) is 0 Å². The van der Waals surface area contributed by atoms with Crippen molar-refractivity contribution in [2.75, 3.05) is 11.9 Å². The smallest absolute Gasteiger partial charge is 0.254 e. The van der Waals surface area contributed by atoms with Crippen molar-refractivity contribution in [3.63, 3.8) is 0 Å². The van der Waals surface area contributed by atoms with E-state index in [1.54, 1.807) is 31.2 Å². The Bertz CT molecular complexity index is 605. The maximum absolute atomic E-state index is 12.8. The number of nitrogens with one attached hydrogen (secondary N) is 1. The van der Waals surface area contributed by atoms with Gasteiger partial charge >= 0.3 is 0 Å². The van der Waals surface area contributed by atoms with Crippen LogP contribution in [0.3, 0.4) is 0 Å². The predicted octanol–water partition coefficient (Wildman–Crippen LogP) is 3.05. The van der Waals surface area contributed by atoms with Crippen molar-refractivity contribution in [2.24, 2.45) is 5.41 Å². The standard InChI is InChI=1S/C19H28N2O3/c1-13(22)11-16-9-6-10-21(16)17(23)14-7-5-8-15(12-14)20-18(24)19(2,3)4/h5,7-8,12-13,16,22H,6,9-11H2,1-4H3,(H,20,24). The van der Waals surface area contributed by atoms with Gasteiger partial charge in [0.15, 0.2) is 0 Å². The number of nitrogens with zero attached hydrogens (tertiary/aromatic N) is 1. The molecule has 1 saturated heterocycles. The second kappa shape index (κ2) is 7.34. The van der Waals surface area contributed by atoms with Crippen LogP contribution in [0.1, 0.15) is 57.3 Å². The summed E-state index contributed by atoms with van der Waals surface area (Å²) in [6.45, 7) is 8.02. The molecule has 132 valence electrons. The molecule has 1 fully saturated rings. The van der Waals surface area contributed by atoms with Crippen LogP contribution in [-0.4, -0.2) is 40.5 Å². The van der Waals surface area contributed by atoms with Gasteiger partial charge in [-0.3, -0.25) is 9.59 Å². The van der Waals surface area contributed by atoms with Crippen molar-refractivity contribution in [1.82, 2.24) is 4.90 Å². The molecule has 2 N–H and O–H groups in total. The average Bonchev–Trinajstić information content (AvgIpc) is 2.93. The number of carbonyl (C=O) groups excluding carboxylic acids is 2. The SMILES string of the molecule is CC(O)CC1CCCN1C(=O)c1cccc(NC(=O)C(C)(C)C)c1. The molecule has 5 nitrogen and oxygen atoms in total. The van der Waals surface area contributed by atoms with E-state index in [0.29, 0.717) is 17.7 Å². The van der Waals surface area contributed by atoms with E-state index < -0.39 is 11.5 Å². The minimum absolute atomic E-state index is 0.0370. The zero-order valence-corrected chi connectivity index (χ0v) is 15.0. The zero-order valence-electron chi connectivity index (χ0n) is 15.0. The van der Waals surface area contributed by atoms with Gasteiger partial charge in [-0.1, -0.05) is 26.8 Å². The van der Waals surface area contributed by atoms with E-state index in [1.165, 1.54) is 0 Å². The second-order valence-electron chi connectivity index (χ2n) is 7.66. The van der Waals surface area contributed by atoms with Crippen LogP contribution in [0, 0.1) is 5.41 Å². The van der Waals surface area contributed by atoms with E-state index in [2.05, 4.69) is 5.32 Å². The van der Waals surface area contributed by atoms with Crippen LogP contribution in [0.25, 0.3) is 0 Å². The summed E-state index contributed by atoms with van der Waals surface area (Å²) in [5.74, 6) is -0.120. The summed E-state index contributed by atoms with van der Waals surface area (Å²) in [4.78, 5) is 26.8. The van der Waals surface area contributed by atoms with Crippen molar-refractivity contribution < 1.29 is 14.7 Å². The molecule has 0 bridgehead atoms. The molecule has 2 unspecified atom stereocenters. The molecule has 0 radical (unpaired) electrons. The summed E-state index contributed by atoms with van der Waals surface area (Å²) in [5.41, 5.74) is 0.711. The van der Waals surface area contributed by atoms with E-state index in [9.17, 15) is 14.7 Å². The summed E-state index contributed by atoms with van der Waals surface area (Å²) in [7, 11) is 0. The molecule has 0 aliphatic carbocycles. The van der Waals surface area contributed by atoms with Gasteiger partial charge in [-0.05, 0) is 44.4 Å². The van der Waals surface area contributed by atoms with E-state index in [0.717, 1.165) is 19.4 Å². The molecule has 2 rings (SSSR count). The lowest BCUT2D eigenvalue weighted by atomic mass is 9.95. The molecule has 2 atom stereocenters. The third kappa shape index (κ3) is 4.57. The first-order chi connectivity index (χ1) is 11.2. The van der Waals surface area contributed by atoms with Crippen LogP contribution < -0.4 is 5.32 Å². The van der Waals surface area contributed by atoms with Crippen LogP contribution in [0.2, 0.25) is 0 Å². The van der Waals surface area contributed by atoms with Gasteiger partial charge in [-0.25, -0.2) is 0 Å². The van der Waals surface area contributed by atoms with Crippen LogP contribution in [0.4, 0.5) is 5.69 Å². The molecule has 24 heavy (non-hydrogen) atoms. The normalized spacial score (nSPS) is 19.2. The van der Waals surface area contributed by atoms with Crippen LogP contribution in [0.15, 0.2) is 24.3 Å². The Morgan fingerprint density at radius 1 is 1.38 bits per heavy atom. The molecule has 1 heterocycles. The summed E-state index contributed by atoms with van der Waals surface area (Å²) in [6, 6.07) is 7.16. The number of amides is 2. The number of aliphatic hydroxyl groups excluding tert-OH is 1. The Balaban J connectivity index is 2.13. The largest absolute Gasteiger partial charge is 0.393 e. The minimum atomic E-state index is -0.489. The Labute approximate surface area is 144 Å². The first kappa shape index (κ1) is 18.5. The Kier molecular flexibility index (Phi) is 5.65. The lowest BCUT2D eigenvalue weighted by Gasteiger charge is -2.26. The first-order valence-corrected chi connectivity index (χ1v) is 8.59. The van der Waals surface area contributed by atoms with Crippen LogP contribution >= 0.6 is 0 Å². The van der Waals surface area contributed by atoms with E-state index in [1.807, 2.05) is 25.7 Å². The van der Waals surface area contributed by atoms with Gasteiger partial charge in [0, 0.05) is 29.3 Å². The molecule has 1 aromatic rings. The molecular formula is C19H28N2O3. The Morgan fingerprint density at radius 3 is 2.71 bits per heavy atom. The van der Waals surface area contributed by atoms with E-state index in [-0.39, 0.29) is 17.9 Å². The van der Waals surface area contributed by atoms with Crippen molar-refractivity contribution >= 4 is 17.5 Å². The fourth-order valence-corrected chi connectivity index (χ4v) is 2.96. The molecule has 1 aliphatic rings. The summed E-state index contributed by atoms with van der Waals surface area (Å²) in [5, 5.41) is 12.5. The van der Waals surface area contributed by atoms with Crippen molar-refractivity contribution in [2.45, 2.75) is 59.1 Å². The van der Waals surface area contributed by atoms with Gasteiger partial charge in [0.2, 0.25) is 5.91 Å². The van der Waals surface area contributed by atoms with Crippen LogP contribution in [-0.2, 0) is 4.79 Å². The van der Waals surface area contributed by atoms with Gasteiger partial charge in [0.1, 0.15) is 0 Å².